The van der Waals surface area contributed by atoms with Gasteiger partial charge in [0.15, 0.2) is 0 Å². The summed E-state index contributed by atoms with van der Waals surface area (Å²) < 4.78 is 34.7. The van der Waals surface area contributed by atoms with E-state index in [4.69, 9.17) is 18.5 Å². The number of hydrogen-bond acceptors (Lipinski definition) is 6. The molecule has 0 heterocycles. The SMILES string of the molecule is CC/C=C\C/C=C\C/C=C\C/C=C\C/C=C\CCOCC(COP(=O)(O)OCC[N+](C)(C)C)OC(=O)CCCCCCCCCCCCCC. The highest BCUT2D eigenvalue weighted by Gasteiger charge is 2.26. The molecule has 8 nitrogen and oxygen atoms in total. The quantitative estimate of drug-likeness (QED) is 0.0229. The molecule has 1 N–H and O–H groups in total. The lowest BCUT2D eigenvalue weighted by atomic mass is 10.0. The molecule has 0 aliphatic heterocycles. The summed E-state index contributed by atoms with van der Waals surface area (Å²) in [7, 11) is 1.62. The molecule has 0 aromatic carbocycles. The molecule has 0 spiro atoms. The summed E-state index contributed by atoms with van der Waals surface area (Å²) in [6, 6.07) is 0. The molecule has 0 radical (unpaired) electrons. The van der Waals surface area contributed by atoms with Gasteiger partial charge in [0.1, 0.15) is 19.3 Å². The van der Waals surface area contributed by atoms with E-state index in [0.717, 1.165) is 51.4 Å². The molecule has 0 aromatic rings. The molecule has 0 amide bonds. The zero-order valence-electron chi connectivity index (χ0n) is 32.6. The topological polar surface area (TPSA) is 91.3 Å². The lowest BCUT2D eigenvalue weighted by Gasteiger charge is -2.24. The normalized spacial score (nSPS) is 14.6. The van der Waals surface area contributed by atoms with E-state index in [-0.39, 0.29) is 25.8 Å². The summed E-state index contributed by atoms with van der Waals surface area (Å²) in [5.41, 5.74) is 0. The summed E-state index contributed by atoms with van der Waals surface area (Å²) in [4.78, 5) is 22.8. The first-order valence-corrected chi connectivity index (χ1v) is 21.0. The van der Waals surface area contributed by atoms with Crippen LogP contribution in [0.1, 0.15) is 136 Å². The van der Waals surface area contributed by atoms with E-state index in [1.807, 2.05) is 21.1 Å². The van der Waals surface area contributed by atoms with Crippen LogP contribution in [0, 0.1) is 0 Å². The maximum absolute atomic E-state index is 12.6. The molecule has 2 atom stereocenters. The molecule has 0 fully saturated rings. The number of carbonyl (C=O) groups is 1. The van der Waals surface area contributed by atoms with Crippen LogP contribution in [0.4, 0.5) is 0 Å². The maximum Gasteiger partial charge on any atom is 0.472 e. The molecular weight excluding hydrogens is 649 g/mol. The number of esters is 1. The molecule has 290 valence electrons. The van der Waals surface area contributed by atoms with Gasteiger partial charge in [0.05, 0.1) is 41.0 Å². The molecule has 0 aromatic heterocycles. The number of phosphoric acid groups is 1. The number of rotatable bonds is 35. The van der Waals surface area contributed by atoms with Gasteiger partial charge in [-0.2, -0.15) is 0 Å². The Morgan fingerprint density at radius 3 is 1.62 bits per heavy atom. The van der Waals surface area contributed by atoms with Crippen molar-refractivity contribution in [1.82, 2.24) is 0 Å². The van der Waals surface area contributed by atoms with Gasteiger partial charge in [-0.1, -0.05) is 145 Å². The third-order valence-electron chi connectivity index (χ3n) is 7.86. The molecule has 0 saturated carbocycles. The van der Waals surface area contributed by atoms with Crippen molar-refractivity contribution in [2.24, 2.45) is 0 Å². The molecule has 0 aliphatic carbocycles. The predicted molar refractivity (Wildman–Crippen MR) is 210 cm³/mol. The Morgan fingerprint density at radius 2 is 1.12 bits per heavy atom. The Hall–Kier alpha value is -1.80. The van der Waals surface area contributed by atoms with Crippen LogP contribution in [0.2, 0.25) is 0 Å². The van der Waals surface area contributed by atoms with Gasteiger partial charge in [0.2, 0.25) is 0 Å². The highest BCUT2D eigenvalue weighted by atomic mass is 31.2. The molecule has 0 bridgehead atoms. The second-order valence-electron chi connectivity index (χ2n) is 13.9. The van der Waals surface area contributed by atoms with Crippen molar-refractivity contribution >= 4 is 13.8 Å². The summed E-state index contributed by atoms with van der Waals surface area (Å²) in [5.74, 6) is -0.342. The number of likely N-dealkylation sites (N-methyl/N-ethyl adjacent to an activating group) is 1. The fraction of sp³-hybridized carbons (Fsp3) is 0.732. The van der Waals surface area contributed by atoms with Crippen LogP contribution in [0.15, 0.2) is 60.8 Å². The first-order valence-electron chi connectivity index (χ1n) is 19.5. The van der Waals surface area contributed by atoms with Crippen LogP contribution in [0.5, 0.6) is 0 Å². The van der Waals surface area contributed by atoms with E-state index in [2.05, 4.69) is 74.6 Å². The molecule has 0 rings (SSSR count). The fourth-order valence-electron chi connectivity index (χ4n) is 4.85. The van der Waals surface area contributed by atoms with Crippen molar-refractivity contribution in [3.8, 4) is 0 Å². The number of phosphoric ester groups is 1. The minimum absolute atomic E-state index is 0.0738. The van der Waals surface area contributed by atoms with Crippen LogP contribution in [-0.4, -0.2) is 75.6 Å². The fourth-order valence-corrected chi connectivity index (χ4v) is 5.59. The van der Waals surface area contributed by atoms with Gasteiger partial charge in [0, 0.05) is 6.42 Å². The largest absolute Gasteiger partial charge is 0.472 e. The summed E-state index contributed by atoms with van der Waals surface area (Å²) in [5, 5.41) is 0. The number of quaternary nitrogens is 1. The van der Waals surface area contributed by atoms with Gasteiger partial charge in [-0.3, -0.25) is 13.8 Å². The van der Waals surface area contributed by atoms with Crippen molar-refractivity contribution in [3.05, 3.63) is 60.8 Å². The zero-order valence-corrected chi connectivity index (χ0v) is 33.5. The van der Waals surface area contributed by atoms with Gasteiger partial charge in [0.25, 0.3) is 0 Å². The smallest absolute Gasteiger partial charge is 0.457 e. The van der Waals surface area contributed by atoms with Crippen molar-refractivity contribution in [2.75, 3.05) is 54.1 Å². The highest BCUT2D eigenvalue weighted by molar-refractivity contribution is 7.47. The van der Waals surface area contributed by atoms with Crippen LogP contribution in [0.3, 0.4) is 0 Å². The molecule has 2 unspecified atom stereocenters. The summed E-state index contributed by atoms with van der Waals surface area (Å²) >= 11 is 0. The number of nitrogens with zero attached hydrogens (tertiary/aromatic N) is 1. The lowest BCUT2D eigenvalue weighted by Crippen LogP contribution is -2.37. The minimum atomic E-state index is -4.29. The molecule has 50 heavy (non-hydrogen) atoms. The van der Waals surface area contributed by atoms with E-state index in [1.165, 1.54) is 57.8 Å². The Morgan fingerprint density at radius 1 is 0.640 bits per heavy atom. The molecular formula is C41H75NO7P+. The van der Waals surface area contributed by atoms with E-state index in [9.17, 15) is 14.3 Å². The van der Waals surface area contributed by atoms with E-state index in [1.54, 1.807) is 0 Å². The van der Waals surface area contributed by atoms with Crippen LogP contribution in [-0.2, 0) is 27.9 Å². The number of carbonyl (C=O) groups excluding carboxylic acids is 1. The van der Waals surface area contributed by atoms with Crippen molar-refractivity contribution < 1.29 is 37.3 Å². The third-order valence-corrected chi connectivity index (χ3v) is 8.85. The first kappa shape index (κ1) is 48.2. The number of ether oxygens (including phenoxy) is 2. The maximum atomic E-state index is 12.6. The van der Waals surface area contributed by atoms with Crippen LogP contribution < -0.4 is 0 Å². The first-order chi connectivity index (χ1) is 24.1. The molecule has 0 aliphatic rings. The van der Waals surface area contributed by atoms with Crippen molar-refractivity contribution in [2.45, 2.75) is 142 Å². The van der Waals surface area contributed by atoms with Crippen molar-refractivity contribution in [3.63, 3.8) is 0 Å². The Kier molecular flexibility index (Phi) is 33.1. The Balaban J connectivity index is 4.43. The minimum Gasteiger partial charge on any atom is -0.457 e. The van der Waals surface area contributed by atoms with Gasteiger partial charge >= 0.3 is 13.8 Å². The molecule has 9 heteroatoms. The van der Waals surface area contributed by atoms with Crippen LogP contribution in [0.25, 0.3) is 0 Å². The van der Waals surface area contributed by atoms with Crippen LogP contribution >= 0.6 is 7.82 Å². The Labute approximate surface area is 307 Å². The number of hydrogen-bond donors (Lipinski definition) is 1. The van der Waals surface area contributed by atoms with E-state index < -0.39 is 13.9 Å². The highest BCUT2D eigenvalue weighted by Crippen LogP contribution is 2.43. The molecule has 0 saturated heterocycles. The Bertz CT molecular complexity index is 984. The zero-order chi connectivity index (χ0) is 37.0. The van der Waals surface area contributed by atoms with Gasteiger partial charge < -0.3 is 18.9 Å². The van der Waals surface area contributed by atoms with E-state index in [0.29, 0.717) is 30.5 Å². The predicted octanol–water partition coefficient (Wildman–Crippen LogP) is 11.0. The number of unbranched alkanes of at least 4 members (excludes halogenated alkanes) is 11. The second kappa shape index (κ2) is 34.3. The summed E-state index contributed by atoms with van der Waals surface area (Å²) in [6.07, 6.45) is 41.3. The monoisotopic (exact) mass is 725 g/mol. The average molecular weight is 725 g/mol. The van der Waals surface area contributed by atoms with Gasteiger partial charge in [-0.05, 0) is 44.9 Å². The lowest BCUT2D eigenvalue weighted by molar-refractivity contribution is -0.870. The average Bonchev–Trinajstić information content (AvgIpc) is 3.06. The standard InChI is InChI=1S/C41H74NO7P/c1-6-8-10-12-14-16-18-20-21-22-23-25-27-29-31-33-36-46-38-40(39-48-50(44,45)47-37-35-42(3,4)5)49-41(43)34-32-30-28-26-24-19-17-15-13-11-9-7-2/h8,10,14,16,20-21,23,25,29,31,40H,6-7,9,11-13,15,17-19,22,24,26-28,30,32-39H2,1-5H3/p+1/b10-8-,16-14-,21-20-,25-23-,31-29-. The van der Waals surface area contributed by atoms with Gasteiger partial charge in [-0.15, -0.1) is 0 Å². The summed E-state index contributed by atoms with van der Waals surface area (Å²) in [6.45, 7) is 5.25. The number of allylic oxidation sites excluding steroid dienone is 9. The second-order valence-corrected chi connectivity index (χ2v) is 15.4. The van der Waals surface area contributed by atoms with Gasteiger partial charge in [-0.25, -0.2) is 4.57 Å². The van der Waals surface area contributed by atoms with Crippen molar-refractivity contribution in [1.29, 1.82) is 0 Å². The van der Waals surface area contributed by atoms with E-state index >= 15 is 0 Å². The third kappa shape index (κ3) is 37.5.